The number of aliphatic hydroxyl groups is 1. The Labute approximate surface area is 378 Å². The van der Waals surface area contributed by atoms with Crippen molar-refractivity contribution in [2.45, 2.75) is 107 Å². The molecule has 0 unspecified atom stereocenters. The molecule has 1 aliphatic rings. The number of carbonyl (C=O) groups is 8. The first-order valence-electron chi connectivity index (χ1n) is 20.8. The number of hydrogen-bond acceptors (Lipinski definition) is 13. The molecule has 0 spiro atoms. The molecule has 1 saturated heterocycles. The number of nitrogens with two attached hydrogens (primary N) is 2. The number of aliphatic hydroxyl groups excluding tert-OH is 1. The SMILES string of the molecule is C[C@@H]1NC(=O)[C@@H](Cc2ccccc2)NC(=O)[C@H](N)CSSC[C@@H](C(=O)O)NC(=O)[C@H](C)NC(=O)[C@@H]([C@@H](C)O)NC(=O)[C@H](CCCCN)NC(=O)[C@H](Cc2c[nH]c3ccccc23)NC1=O. The lowest BCUT2D eigenvalue weighted by Gasteiger charge is -2.28. The van der Waals surface area contributed by atoms with Crippen molar-refractivity contribution in [3.63, 3.8) is 0 Å². The van der Waals surface area contributed by atoms with Crippen LogP contribution in [0.5, 0.6) is 0 Å². The summed E-state index contributed by atoms with van der Waals surface area (Å²) in [5.74, 6) is -7.29. The first-order valence-corrected chi connectivity index (χ1v) is 23.3. The number of unbranched alkanes of at least 4 members (excludes halogenated alkanes) is 1. The summed E-state index contributed by atoms with van der Waals surface area (Å²) in [5, 5.41) is 39.1. The van der Waals surface area contributed by atoms with Gasteiger partial charge >= 0.3 is 5.97 Å². The second-order valence-corrected chi connectivity index (χ2v) is 18.0. The standard InChI is InChI=1S/C42H58N10O10S2/c1-22-35(54)49-32(18-26-19-45-29-14-8-7-13-27(26)29)40(59)48-30(15-9-10-16-43)38(57)52-34(24(3)53)41(60)47-23(2)36(55)51-33(42(61)62)21-64-63-20-28(44)37(56)50-31(39(58)46-22)17-25-11-5-4-6-12-25/h4-8,11-14,19,22-24,28,30-34,45,53H,9-10,15-18,20-21,43-44H2,1-3H3,(H,46,58)(H,47,60)(H,48,59)(H,49,54)(H,50,56)(H,51,55)(H,52,57)(H,61,62)/t22-,23-,24+,28+,30-,31+,32-,33-,34+/m0/s1. The van der Waals surface area contributed by atoms with E-state index in [4.69, 9.17) is 11.5 Å². The summed E-state index contributed by atoms with van der Waals surface area (Å²) in [6, 6.07) is 5.45. The van der Waals surface area contributed by atoms with E-state index in [0.29, 0.717) is 24.0 Å². The van der Waals surface area contributed by atoms with E-state index in [1.807, 2.05) is 24.3 Å². The molecule has 22 heteroatoms. The Morgan fingerprint density at radius 2 is 1.25 bits per heavy atom. The molecule has 0 bridgehead atoms. The molecule has 0 saturated carbocycles. The molecule has 0 aliphatic carbocycles. The van der Waals surface area contributed by atoms with E-state index in [9.17, 15) is 48.6 Å². The maximum absolute atomic E-state index is 14.3. The van der Waals surface area contributed by atoms with Crippen LogP contribution in [0.25, 0.3) is 10.9 Å². The number of fused-ring (bicyclic) bond motifs is 1. The molecule has 0 radical (unpaired) electrons. The van der Waals surface area contributed by atoms with Crippen LogP contribution in [0.2, 0.25) is 0 Å². The smallest absolute Gasteiger partial charge is 0.327 e. The second-order valence-electron chi connectivity index (χ2n) is 15.5. The second kappa shape index (κ2) is 25.0. The number of amides is 7. The Morgan fingerprint density at radius 1 is 0.688 bits per heavy atom. The van der Waals surface area contributed by atoms with Gasteiger partial charge in [-0.15, -0.1) is 0 Å². The maximum atomic E-state index is 14.3. The minimum absolute atomic E-state index is 0.0232. The van der Waals surface area contributed by atoms with Gasteiger partial charge in [0.2, 0.25) is 41.4 Å². The van der Waals surface area contributed by atoms with E-state index >= 15 is 0 Å². The van der Waals surface area contributed by atoms with Crippen LogP contribution in [-0.2, 0) is 51.2 Å². The minimum atomic E-state index is -1.63. The lowest BCUT2D eigenvalue weighted by atomic mass is 10.0. The third-order valence-corrected chi connectivity index (χ3v) is 12.8. The van der Waals surface area contributed by atoms with E-state index in [2.05, 4.69) is 42.2 Å². The van der Waals surface area contributed by atoms with E-state index < -0.39 is 102 Å². The molecule has 2 heterocycles. The Morgan fingerprint density at radius 3 is 1.92 bits per heavy atom. The molecule has 1 fully saturated rings. The van der Waals surface area contributed by atoms with Crippen molar-refractivity contribution in [2.75, 3.05) is 18.1 Å². The van der Waals surface area contributed by atoms with Gasteiger partial charge in [-0.25, -0.2) is 4.79 Å². The fraction of sp³-hybridized carbons (Fsp3) is 0.476. The van der Waals surface area contributed by atoms with E-state index in [1.165, 1.54) is 20.8 Å². The van der Waals surface area contributed by atoms with Gasteiger partial charge in [-0.1, -0.05) is 70.1 Å². The molecule has 348 valence electrons. The number of hydrogen-bond donors (Lipinski definition) is 12. The molecule has 2 aromatic carbocycles. The number of rotatable bonds is 10. The van der Waals surface area contributed by atoms with Crippen LogP contribution in [-0.4, -0.2) is 135 Å². The number of carbonyl (C=O) groups excluding carboxylic acids is 7. The highest BCUT2D eigenvalue weighted by Gasteiger charge is 2.35. The van der Waals surface area contributed by atoms with Gasteiger partial charge < -0.3 is 63.9 Å². The number of aliphatic carboxylic acids is 1. The first kappa shape index (κ1) is 51.0. The summed E-state index contributed by atoms with van der Waals surface area (Å²) in [6.45, 7) is 4.19. The quantitative estimate of drug-likeness (QED) is 0.0832. The molecule has 20 nitrogen and oxygen atoms in total. The van der Waals surface area contributed by atoms with Crippen LogP contribution in [0.15, 0.2) is 60.8 Å². The van der Waals surface area contributed by atoms with E-state index in [1.54, 1.807) is 36.5 Å². The summed E-state index contributed by atoms with van der Waals surface area (Å²) >= 11 is 0. The lowest BCUT2D eigenvalue weighted by molar-refractivity contribution is -0.141. The third kappa shape index (κ3) is 15.2. The Hall–Kier alpha value is -5.68. The molecule has 9 atom stereocenters. The van der Waals surface area contributed by atoms with Gasteiger partial charge in [0, 0.05) is 41.4 Å². The van der Waals surface area contributed by atoms with Crippen molar-refractivity contribution in [3.05, 3.63) is 71.9 Å². The first-order chi connectivity index (χ1) is 30.5. The molecular formula is C42H58N10O10S2. The predicted octanol–water partition coefficient (Wildman–Crippen LogP) is -1.30. The van der Waals surface area contributed by atoms with Gasteiger partial charge in [0.05, 0.1) is 12.1 Å². The van der Waals surface area contributed by atoms with Crippen molar-refractivity contribution in [1.82, 2.24) is 42.2 Å². The molecule has 1 aromatic heterocycles. The number of benzene rings is 2. The van der Waals surface area contributed by atoms with Gasteiger partial charge in [0.15, 0.2) is 0 Å². The van der Waals surface area contributed by atoms with Crippen molar-refractivity contribution in [2.24, 2.45) is 11.5 Å². The zero-order chi connectivity index (χ0) is 46.9. The highest BCUT2D eigenvalue weighted by molar-refractivity contribution is 8.76. The number of nitrogens with one attached hydrogen (secondary N) is 8. The molecule has 64 heavy (non-hydrogen) atoms. The van der Waals surface area contributed by atoms with Crippen LogP contribution in [0.1, 0.15) is 51.2 Å². The van der Waals surface area contributed by atoms with Gasteiger partial charge in [-0.2, -0.15) is 0 Å². The van der Waals surface area contributed by atoms with Gasteiger partial charge in [0.25, 0.3) is 0 Å². The van der Waals surface area contributed by atoms with Gasteiger partial charge in [0.1, 0.15) is 42.3 Å². The summed E-state index contributed by atoms with van der Waals surface area (Å²) in [5.41, 5.74) is 14.0. The fourth-order valence-corrected chi connectivity index (χ4v) is 8.87. The molecule has 3 aromatic rings. The molecule has 1 aliphatic heterocycles. The van der Waals surface area contributed by atoms with Gasteiger partial charge in [-0.3, -0.25) is 33.6 Å². The number of carboxylic acids is 1. The Balaban J connectivity index is 1.69. The topological polar surface area (TPSA) is 329 Å². The minimum Gasteiger partial charge on any atom is -0.480 e. The molecular weight excluding hydrogens is 869 g/mol. The van der Waals surface area contributed by atoms with Crippen molar-refractivity contribution in [3.8, 4) is 0 Å². The largest absolute Gasteiger partial charge is 0.480 e. The number of aromatic nitrogens is 1. The van der Waals surface area contributed by atoms with Crippen molar-refractivity contribution < 1.29 is 48.6 Å². The van der Waals surface area contributed by atoms with Crippen molar-refractivity contribution >= 4 is 79.8 Å². The summed E-state index contributed by atoms with van der Waals surface area (Å²) in [4.78, 5) is 111. The highest BCUT2D eigenvalue weighted by atomic mass is 33.1. The third-order valence-electron chi connectivity index (χ3n) is 10.3. The zero-order valence-electron chi connectivity index (χ0n) is 35.8. The number of carboxylic acid groups (broad SMARTS) is 1. The molecule has 14 N–H and O–H groups in total. The Kier molecular flexibility index (Phi) is 19.9. The number of para-hydroxylation sites is 1. The van der Waals surface area contributed by atoms with Gasteiger partial charge in [-0.05, 0) is 63.8 Å². The maximum Gasteiger partial charge on any atom is 0.327 e. The van der Waals surface area contributed by atoms with Crippen LogP contribution >= 0.6 is 21.6 Å². The monoisotopic (exact) mass is 926 g/mol. The van der Waals surface area contributed by atoms with E-state index in [-0.39, 0.29) is 37.3 Å². The normalized spacial score (nSPS) is 26.0. The highest BCUT2D eigenvalue weighted by Crippen LogP contribution is 2.23. The van der Waals surface area contributed by atoms with Crippen LogP contribution in [0.3, 0.4) is 0 Å². The van der Waals surface area contributed by atoms with E-state index in [0.717, 1.165) is 32.5 Å². The molecule has 7 amide bonds. The predicted molar refractivity (Wildman–Crippen MR) is 242 cm³/mol. The summed E-state index contributed by atoms with van der Waals surface area (Å²) in [6.07, 6.45) is 0.991. The van der Waals surface area contributed by atoms with Crippen LogP contribution in [0, 0.1) is 0 Å². The number of H-pyrrole nitrogens is 1. The fourth-order valence-electron chi connectivity index (χ4n) is 6.59. The zero-order valence-corrected chi connectivity index (χ0v) is 37.4. The van der Waals surface area contributed by atoms with Crippen molar-refractivity contribution in [1.29, 1.82) is 0 Å². The lowest BCUT2D eigenvalue weighted by Crippen LogP contribution is -2.61. The summed E-state index contributed by atoms with van der Waals surface area (Å²) in [7, 11) is 2.06. The summed E-state index contributed by atoms with van der Waals surface area (Å²) < 4.78 is 0. The average Bonchev–Trinajstić information content (AvgIpc) is 3.67. The van der Waals surface area contributed by atoms with Crippen LogP contribution < -0.4 is 48.7 Å². The van der Waals surface area contributed by atoms with Crippen LogP contribution in [0.4, 0.5) is 0 Å². The molecule has 4 rings (SSSR count). The average molecular weight is 927 g/mol. The number of aromatic amines is 1. The Bertz CT molecular complexity index is 2110.